The summed E-state index contributed by atoms with van der Waals surface area (Å²) in [6.45, 7) is 3.98. The van der Waals surface area contributed by atoms with Crippen LogP contribution in [0.2, 0.25) is 5.02 Å². The first-order valence-corrected chi connectivity index (χ1v) is 10.5. The second kappa shape index (κ2) is 11.1. The van der Waals surface area contributed by atoms with Gasteiger partial charge in [0, 0.05) is 29.5 Å². The van der Waals surface area contributed by atoms with Crippen LogP contribution in [0.15, 0.2) is 66.6 Å². The first-order valence-electron chi connectivity index (χ1n) is 9.10. The van der Waals surface area contributed by atoms with Gasteiger partial charge in [0.1, 0.15) is 5.75 Å². The van der Waals surface area contributed by atoms with Crippen molar-refractivity contribution in [2.24, 2.45) is 0 Å². The van der Waals surface area contributed by atoms with E-state index in [9.17, 15) is 9.59 Å². The predicted molar refractivity (Wildman–Crippen MR) is 117 cm³/mol. The van der Waals surface area contributed by atoms with Gasteiger partial charge in [-0.1, -0.05) is 29.4 Å². The third-order valence-corrected chi connectivity index (χ3v) is 5.04. The summed E-state index contributed by atoms with van der Waals surface area (Å²) in [5.41, 5.74) is 5.50. The average Bonchev–Trinajstić information content (AvgIpc) is 3.19. The van der Waals surface area contributed by atoms with Gasteiger partial charge in [0.05, 0.1) is 5.75 Å². The highest BCUT2D eigenvalue weighted by Gasteiger charge is 2.15. The number of nitrogens with one attached hydrogen (secondary N) is 2. The van der Waals surface area contributed by atoms with E-state index in [1.807, 2.05) is 16.7 Å². The molecule has 0 aliphatic heterocycles. The van der Waals surface area contributed by atoms with Crippen molar-refractivity contribution >= 4 is 35.2 Å². The molecule has 0 saturated heterocycles. The molecule has 0 spiro atoms. The summed E-state index contributed by atoms with van der Waals surface area (Å²) in [6.07, 6.45) is 5.06. The van der Waals surface area contributed by atoms with Crippen molar-refractivity contribution in [1.82, 2.24) is 30.6 Å². The van der Waals surface area contributed by atoms with Gasteiger partial charge in [-0.15, -0.1) is 16.8 Å². The maximum absolute atomic E-state index is 12.1. The number of thioether (sulfide) groups is 1. The van der Waals surface area contributed by atoms with Gasteiger partial charge in [0.15, 0.2) is 17.6 Å². The van der Waals surface area contributed by atoms with Crippen molar-refractivity contribution < 1.29 is 14.3 Å². The molecule has 3 aromatic rings. The summed E-state index contributed by atoms with van der Waals surface area (Å²) in [4.78, 5) is 27.9. The van der Waals surface area contributed by atoms with Gasteiger partial charge in [-0.25, -0.2) is 0 Å². The molecular weight excluding hydrogens is 440 g/mol. The number of carbonyl (C=O) groups is 2. The number of carbonyl (C=O) groups excluding carboxylic acids is 2. The highest BCUT2D eigenvalue weighted by atomic mass is 35.5. The molecule has 0 atom stereocenters. The lowest BCUT2D eigenvalue weighted by Gasteiger charge is -2.09. The van der Waals surface area contributed by atoms with E-state index < -0.39 is 11.8 Å². The fourth-order valence-corrected chi connectivity index (χ4v) is 3.30. The molecule has 1 aromatic carbocycles. The number of hydrazine groups is 1. The van der Waals surface area contributed by atoms with E-state index in [1.54, 1.807) is 42.7 Å². The van der Waals surface area contributed by atoms with E-state index in [2.05, 4.69) is 32.6 Å². The number of amides is 2. The van der Waals surface area contributed by atoms with Gasteiger partial charge in [-0.2, -0.15) is 0 Å². The normalized spacial score (nSPS) is 10.4. The first kappa shape index (κ1) is 22.3. The van der Waals surface area contributed by atoms with Crippen LogP contribution in [0.3, 0.4) is 0 Å². The molecule has 0 aliphatic rings. The second-order valence-electron chi connectivity index (χ2n) is 6.07. The minimum Gasteiger partial charge on any atom is -0.484 e. The zero-order valence-corrected chi connectivity index (χ0v) is 17.9. The number of hydrogen-bond acceptors (Lipinski definition) is 7. The minimum absolute atomic E-state index is 0.0317. The van der Waals surface area contributed by atoms with Gasteiger partial charge in [-0.3, -0.25) is 30.0 Å². The summed E-state index contributed by atoms with van der Waals surface area (Å²) >= 11 is 6.98. The van der Waals surface area contributed by atoms with E-state index in [0.29, 0.717) is 28.3 Å². The number of aromatic nitrogens is 4. The fraction of sp³-hybridized carbons (Fsp3) is 0.150. The van der Waals surface area contributed by atoms with Crippen LogP contribution in [-0.4, -0.2) is 43.9 Å². The fourth-order valence-electron chi connectivity index (χ4n) is 2.43. The maximum atomic E-state index is 12.1. The Morgan fingerprint density at radius 3 is 2.52 bits per heavy atom. The molecule has 0 unspecified atom stereocenters. The van der Waals surface area contributed by atoms with Crippen LogP contribution < -0.4 is 15.6 Å². The van der Waals surface area contributed by atoms with Crippen molar-refractivity contribution in [2.75, 3.05) is 12.4 Å². The number of nitrogens with zero attached hydrogens (tertiary/aromatic N) is 4. The number of rotatable bonds is 9. The smallest absolute Gasteiger partial charge is 0.276 e. The molecule has 11 heteroatoms. The SMILES string of the molecule is C=CCn1c(SCC(=O)NNC(=O)COc2ccc(Cl)cc2)nnc1-c1ccncc1. The third-order valence-electron chi connectivity index (χ3n) is 3.82. The van der Waals surface area contributed by atoms with Gasteiger partial charge < -0.3 is 4.74 Å². The second-order valence-corrected chi connectivity index (χ2v) is 7.45. The average molecular weight is 459 g/mol. The molecule has 0 saturated carbocycles. The monoisotopic (exact) mass is 458 g/mol. The van der Waals surface area contributed by atoms with E-state index >= 15 is 0 Å². The van der Waals surface area contributed by atoms with Gasteiger partial charge in [-0.05, 0) is 36.4 Å². The van der Waals surface area contributed by atoms with Gasteiger partial charge in [0.2, 0.25) is 5.91 Å². The summed E-state index contributed by atoms with van der Waals surface area (Å²) in [7, 11) is 0. The molecule has 0 aliphatic carbocycles. The first-order chi connectivity index (χ1) is 15.1. The van der Waals surface area contributed by atoms with Crippen LogP contribution in [0, 0.1) is 0 Å². The highest BCUT2D eigenvalue weighted by molar-refractivity contribution is 7.99. The number of benzene rings is 1. The number of hydrogen-bond donors (Lipinski definition) is 2. The van der Waals surface area contributed by atoms with Gasteiger partial charge >= 0.3 is 0 Å². The lowest BCUT2D eigenvalue weighted by atomic mass is 10.2. The van der Waals surface area contributed by atoms with E-state index in [4.69, 9.17) is 16.3 Å². The van der Waals surface area contributed by atoms with Crippen molar-refractivity contribution in [3.63, 3.8) is 0 Å². The number of allylic oxidation sites excluding steroid dienone is 1. The molecule has 31 heavy (non-hydrogen) atoms. The standard InChI is InChI=1S/C20H19ClN6O3S/c1-2-11-27-19(14-7-9-22-10-8-14)25-26-20(27)31-13-18(29)24-23-17(28)12-30-16-5-3-15(21)4-6-16/h2-10H,1,11-13H2,(H,23,28)(H,24,29). The topological polar surface area (TPSA) is 111 Å². The lowest BCUT2D eigenvalue weighted by Crippen LogP contribution is -2.44. The lowest BCUT2D eigenvalue weighted by molar-refractivity contribution is -0.128. The third kappa shape index (κ3) is 6.56. The Balaban J connectivity index is 1.48. The Bertz CT molecular complexity index is 1040. The maximum Gasteiger partial charge on any atom is 0.276 e. The summed E-state index contributed by atoms with van der Waals surface area (Å²) in [5.74, 6) is 0.279. The van der Waals surface area contributed by atoms with E-state index in [1.165, 1.54) is 11.8 Å². The number of halogens is 1. The Morgan fingerprint density at radius 2 is 1.81 bits per heavy atom. The van der Waals surface area contributed by atoms with Gasteiger partial charge in [0.25, 0.3) is 5.91 Å². The van der Waals surface area contributed by atoms with Crippen LogP contribution in [-0.2, 0) is 16.1 Å². The van der Waals surface area contributed by atoms with Crippen molar-refractivity contribution in [3.05, 3.63) is 66.5 Å². The molecule has 2 aromatic heterocycles. The van der Waals surface area contributed by atoms with E-state index in [-0.39, 0.29) is 12.4 Å². The molecule has 2 amide bonds. The van der Waals surface area contributed by atoms with Crippen LogP contribution in [0.1, 0.15) is 0 Å². The summed E-state index contributed by atoms with van der Waals surface area (Å²) < 4.78 is 7.16. The quantitative estimate of drug-likeness (QED) is 0.288. The van der Waals surface area contributed by atoms with Crippen molar-refractivity contribution in [3.8, 4) is 17.1 Å². The van der Waals surface area contributed by atoms with Crippen LogP contribution in [0.4, 0.5) is 0 Å². The Kier molecular flexibility index (Phi) is 8.02. The number of ether oxygens (including phenoxy) is 1. The molecule has 0 bridgehead atoms. The molecule has 0 fully saturated rings. The Labute approximate surface area is 187 Å². The molecule has 160 valence electrons. The predicted octanol–water partition coefficient (Wildman–Crippen LogP) is 2.50. The number of pyridine rings is 1. The molecule has 9 nitrogen and oxygen atoms in total. The van der Waals surface area contributed by atoms with Crippen molar-refractivity contribution in [1.29, 1.82) is 0 Å². The van der Waals surface area contributed by atoms with Crippen LogP contribution in [0.25, 0.3) is 11.4 Å². The van der Waals surface area contributed by atoms with E-state index in [0.717, 1.165) is 5.56 Å². The van der Waals surface area contributed by atoms with Crippen LogP contribution >= 0.6 is 23.4 Å². The Morgan fingerprint density at radius 1 is 1.10 bits per heavy atom. The zero-order chi connectivity index (χ0) is 22.1. The molecular formula is C20H19ClN6O3S. The van der Waals surface area contributed by atoms with Crippen molar-refractivity contribution in [2.45, 2.75) is 11.7 Å². The molecule has 2 N–H and O–H groups in total. The Hall–Kier alpha value is -3.37. The molecule has 0 radical (unpaired) electrons. The van der Waals surface area contributed by atoms with Crippen LogP contribution in [0.5, 0.6) is 5.75 Å². The summed E-state index contributed by atoms with van der Waals surface area (Å²) in [5, 5.41) is 9.49. The zero-order valence-electron chi connectivity index (χ0n) is 16.3. The summed E-state index contributed by atoms with van der Waals surface area (Å²) in [6, 6.07) is 10.2. The molecule has 3 rings (SSSR count). The molecule has 2 heterocycles. The highest BCUT2D eigenvalue weighted by Crippen LogP contribution is 2.23. The largest absolute Gasteiger partial charge is 0.484 e. The minimum atomic E-state index is -0.497.